The number of phenols is 1. The Morgan fingerprint density at radius 3 is 1.97 bits per heavy atom. The van der Waals surface area contributed by atoms with Gasteiger partial charge in [-0.1, -0.05) is 26.0 Å². The van der Waals surface area contributed by atoms with Gasteiger partial charge in [0.25, 0.3) is 0 Å². The molecule has 0 bridgehead atoms. The second-order valence-corrected chi connectivity index (χ2v) is 10.4. The van der Waals surface area contributed by atoms with E-state index in [0.717, 1.165) is 0 Å². The molecule has 13 heteroatoms. The predicted molar refractivity (Wildman–Crippen MR) is 144 cm³/mol. The number of aliphatic carboxylic acids is 1. The third-order valence-corrected chi connectivity index (χ3v) is 6.26. The molecule has 0 aliphatic carbocycles. The first-order chi connectivity index (χ1) is 17.8. The van der Waals surface area contributed by atoms with Crippen LogP contribution < -0.4 is 27.4 Å². The molecule has 1 aromatic carbocycles. The van der Waals surface area contributed by atoms with E-state index >= 15 is 0 Å². The summed E-state index contributed by atoms with van der Waals surface area (Å²) in [5.74, 6) is -3.37. The molecule has 0 saturated carbocycles. The van der Waals surface area contributed by atoms with Crippen LogP contribution in [0.5, 0.6) is 5.75 Å². The van der Waals surface area contributed by atoms with Crippen LogP contribution in [-0.2, 0) is 30.4 Å². The SMILES string of the molecule is CSCCC(N)C(=O)NC(CCC(N)=O)C(=O)NC(Cc1ccc(O)cc1)C(=O)NC(CC(C)C)C(=O)O. The summed E-state index contributed by atoms with van der Waals surface area (Å²) in [5.41, 5.74) is 11.7. The van der Waals surface area contributed by atoms with Gasteiger partial charge >= 0.3 is 5.97 Å². The lowest BCUT2D eigenvalue weighted by atomic mass is 10.0. The highest BCUT2D eigenvalue weighted by Gasteiger charge is 2.31. The largest absolute Gasteiger partial charge is 0.508 e. The summed E-state index contributed by atoms with van der Waals surface area (Å²) < 4.78 is 0. The third-order valence-electron chi connectivity index (χ3n) is 5.61. The molecule has 4 amide bonds. The maximum Gasteiger partial charge on any atom is 0.326 e. The number of nitrogens with two attached hydrogens (primary N) is 2. The van der Waals surface area contributed by atoms with Gasteiger partial charge in [0.2, 0.25) is 23.6 Å². The average Bonchev–Trinajstić information content (AvgIpc) is 2.84. The molecule has 9 N–H and O–H groups in total. The van der Waals surface area contributed by atoms with E-state index in [1.54, 1.807) is 12.1 Å². The number of hydrogen-bond donors (Lipinski definition) is 7. The standard InChI is InChI=1S/C25H39N5O7S/c1-14(2)12-20(25(36)37)30-24(35)19(13-15-4-6-16(31)7-5-15)29-23(34)18(8-9-21(27)32)28-22(33)17(26)10-11-38-3/h4-7,14,17-20,31H,8-13,26H2,1-3H3,(H2,27,32)(H,28,33)(H,29,34)(H,30,35)(H,36,37). The van der Waals surface area contributed by atoms with E-state index in [0.29, 0.717) is 17.7 Å². The summed E-state index contributed by atoms with van der Waals surface area (Å²) in [6.45, 7) is 3.63. The number of aromatic hydroxyl groups is 1. The summed E-state index contributed by atoms with van der Waals surface area (Å²) >= 11 is 1.51. The first-order valence-electron chi connectivity index (χ1n) is 12.3. The molecule has 4 unspecified atom stereocenters. The monoisotopic (exact) mass is 553 g/mol. The van der Waals surface area contributed by atoms with Gasteiger partial charge in [0.1, 0.15) is 23.9 Å². The first kappa shape index (κ1) is 32.7. The number of primary amides is 1. The van der Waals surface area contributed by atoms with Crippen LogP contribution in [0.3, 0.4) is 0 Å². The van der Waals surface area contributed by atoms with Crippen molar-refractivity contribution in [3.8, 4) is 5.75 Å². The molecule has 12 nitrogen and oxygen atoms in total. The zero-order valence-corrected chi connectivity index (χ0v) is 22.8. The molecule has 0 spiro atoms. The summed E-state index contributed by atoms with van der Waals surface area (Å²) in [5, 5.41) is 26.7. The number of amides is 4. The van der Waals surface area contributed by atoms with Crippen LogP contribution in [0.4, 0.5) is 0 Å². The molecular weight excluding hydrogens is 514 g/mol. The molecule has 0 radical (unpaired) electrons. The van der Waals surface area contributed by atoms with E-state index in [-0.39, 0.29) is 37.4 Å². The lowest BCUT2D eigenvalue weighted by molar-refractivity contribution is -0.142. The van der Waals surface area contributed by atoms with Crippen molar-refractivity contribution in [1.29, 1.82) is 0 Å². The lowest BCUT2D eigenvalue weighted by Crippen LogP contribution is -2.57. The van der Waals surface area contributed by atoms with Crippen molar-refractivity contribution in [1.82, 2.24) is 16.0 Å². The summed E-state index contributed by atoms with van der Waals surface area (Å²) in [7, 11) is 0. The van der Waals surface area contributed by atoms with Gasteiger partial charge in [0.05, 0.1) is 6.04 Å². The van der Waals surface area contributed by atoms with Crippen LogP contribution in [0.2, 0.25) is 0 Å². The van der Waals surface area contributed by atoms with Crippen LogP contribution in [0.1, 0.15) is 45.1 Å². The predicted octanol–water partition coefficient (Wildman–Crippen LogP) is -0.134. The van der Waals surface area contributed by atoms with Crippen molar-refractivity contribution in [3.05, 3.63) is 29.8 Å². The van der Waals surface area contributed by atoms with Crippen molar-refractivity contribution < 1.29 is 34.2 Å². The number of rotatable bonds is 17. The summed E-state index contributed by atoms with van der Waals surface area (Å²) in [6.07, 6.45) is 2.05. The van der Waals surface area contributed by atoms with Crippen molar-refractivity contribution in [3.63, 3.8) is 0 Å². The van der Waals surface area contributed by atoms with Crippen LogP contribution in [0.25, 0.3) is 0 Å². The molecule has 4 atom stereocenters. The quantitative estimate of drug-likeness (QED) is 0.137. The molecule has 0 heterocycles. The maximum absolute atomic E-state index is 13.2. The second-order valence-electron chi connectivity index (χ2n) is 9.41. The Hall–Kier alpha value is -3.32. The molecular formula is C25H39N5O7S. The number of carboxylic acids is 1. The van der Waals surface area contributed by atoms with E-state index in [1.165, 1.54) is 23.9 Å². The fourth-order valence-electron chi connectivity index (χ4n) is 3.52. The van der Waals surface area contributed by atoms with Gasteiger partial charge in [-0.25, -0.2) is 4.79 Å². The number of nitrogens with one attached hydrogen (secondary N) is 3. The minimum absolute atomic E-state index is 0.00806. The summed E-state index contributed by atoms with van der Waals surface area (Å²) in [4.78, 5) is 62.0. The highest BCUT2D eigenvalue weighted by molar-refractivity contribution is 7.98. The van der Waals surface area contributed by atoms with Gasteiger partial charge in [-0.3, -0.25) is 19.2 Å². The number of carbonyl (C=O) groups is 5. The van der Waals surface area contributed by atoms with Crippen molar-refractivity contribution >= 4 is 41.4 Å². The lowest BCUT2D eigenvalue weighted by Gasteiger charge is -2.25. The number of carboxylic acid groups (broad SMARTS) is 1. The first-order valence-corrected chi connectivity index (χ1v) is 13.7. The van der Waals surface area contributed by atoms with Crippen LogP contribution in [-0.4, -0.2) is 76.0 Å². The minimum atomic E-state index is -1.22. The fraction of sp³-hybridized carbons (Fsp3) is 0.560. The van der Waals surface area contributed by atoms with E-state index in [4.69, 9.17) is 11.5 Å². The molecule has 1 aromatic rings. The number of thioether (sulfide) groups is 1. The normalized spacial score (nSPS) is 14.1. The number of phenolic OH excluding ortho intramolecular Hbond substituents is 1. The smallest absolute Gasteiger partial charge is 0.326 e. The Kier molecular flexibility index (Phi) is 14.2. The minimum Gasteiger partial charge on any atom is -0.508 e. The molecule has 0 aliphatic heterocycles. The van der Waals surface area contributed by atoms with Gasteiger partial charge < -0.3 is 37.6 Å². The second kappa shape index (κ2) is 16.5. The van der Waals surface area contributed by atoms with Crippen LogP contribution in [0, 0.1) is 5.92 Å². The van der Waals surface area contributed by atoms with Crippen LogP contribution >= 0.6 is 11.8 Å². The molecule has 1 rings (SSSR count). The van der Waals surface area contributed by atoms with Crippen molar-refractivity contribution in [2.75, 3.05) is 12.0 Å². The molecule has 0 fully saturated rings. The number of hydrogen-bond acceptors (Lipinski definition) is 8. The maximum atomic E-state index is 13.2. The van der Waals surface area contributed by atoms with E-state index < -0.39 is 53.8 Å². The Morgan fingerprint density at radius 2 is 1.45 bits per heavy atom. The number of carbonyl (C=O) groups excluding carboxylic acids is 4. The van der Waals surface area contributed by atoms with E-state index in [9.17, 15) is 34.2 Å². The third kappa shape index (κ3) is 12.3. The Morgan fingerprint density at radius 1 is 0.895 bits per heavy atom. The zero-order chi connectivity index (χ0) is 28.8. The number of benzene rings is 1. The van der Waals surface area contributed by atoms with Gasteiger partial charge in [-0.05, 0) is 54.9 Å². The van der Waals surface area contributed by atoms with Crippen molar-refractivity contribution in [2.45, 2.75) is 70.1 Å². The van der Waals surface area contributed by atoms with Gasteiger partial charge in [0, 0.05) is 12.8 Å². The van der Waals surface area contributed by atoms with E-state index in [1.807, 2.05) is 20.1 Å². The van der Waals surface area contributed by atoms with Crippen molar-refractivity contribution in [2.24, 2.45) is 17.4 Å². The summed E-state index contributed by atoms with van der Waals surface area (Å²) in [6, 6.07) is 1.45. The highest BCUT2D eigenvalue weighted by Crippen LogP contribution is 2.13. The molecule has 0 aromatic heterocycles. The zero-order valence-electron chi connectivity index (χ0n) is 21.9. The molecule has 212 valence electrons. The molecule has 0 aliphatic rings. The Bertz CT molecular complexity index is 958. The van der Waals surface area contributed by atoms with Crippen LogP contribution in [0.15, 0.2) is 24.3 Å². The van der Waals surface area contributed by atoms with E-state index in [2.05, 4.69) is 16.0 Å². The van der Waals surface area contributed by atoms with Gasteiger partial charge in [0.15, 0.2) is 0 Å². The highest BCUT2D eigenvalue weighted by atomic mass is 32.2. The Labute approximate surface area is 226 Å². The van der Waals surface area contributed by atoms with Gasteiger partial charge in [-0.15, -0.1) is 0 Å². The molecule has 38 heavy (non-hydrogen) atoms. The molecule has 0 saturated heterocycles. The Balaban J connectivity index is 3.16. The fourth-order valence-corrected chi connectivity index (χ4v) is 4.01. The van der Waals surface area contributed by atoms with Gasteiger partial charge in [-0.2, -0.15) is 11.8 Å². The topological polar surface area (TPSA) is 214 Å². The average molecular weight is 554 g/mol.